The SMILES string of the molecule is CC(C)NC(=O)[C@H](C)OC(=O)c1ccc2noc(-c3ccccc3)c2c1. The van der Waals surface area contributed by atoms with E-state index < -0.39 is 12.1 Å². The zero-order valence-electron chi connectivity index (χ0n) is 14.9. The highest BCUT2D eigenvalue weighted by Gasteiger charge is 2.20. The monoisotopic (exact) mass is 352 g/mol. The van der Waals surface area contributed by atoms with Crippen molar-refractivity contribution in [2.45, 2.75) is 32.9 Å². The van der Waals surface area contributed by atoms with Gasteiger partial charge in [-0.3, -0.25) is 4.79 Å². The molecule has 0 unspecified atom stereocenters. The fraction of sp³-hybridized carbons (Fsp3) is 0.250. The van der Waals surface area contributed by atoms with Crippen LogP contribution in [0.1, 0.15) is 31.1 Å². The van der Waals surface area contributed by atoms with Gasteiger partial charge in [0.05, 0.1) is 10.9 Å². The highest BCUT2D eigenvalue weighted by atomic mass is 16.5. The summed E-state index contributed by atoms with van der Waals surface area (Å²) >= 11 is 0. The maximum atomic E-state index is 12.4. The highest BCUT2D eigenvalue weighted by Crippen LogP contribution is 2.29. The van der Waals surface area contributed by atoms with Gasteiger partial charge in [-0.25, -0.2) is 4.79 Å². The Bertz CT molecular complexity index is 931. The molecule has 1 N–H and O–H groups in total. The van der Waals surface area contributed by atoms with Crippen molar-refractivity contribution < 1.29 is 18.8 Å². The van der Waals surface area contributed by atoms with E-state index in [0.717, 1.165) is 5.56 Å². The zero-order chi connectivity index (χ0) is 18.7. The predicted molar refractivity (Wildman–Crippen MR) is 97.6 cm³/mol. The quantitative estimate of drug-likeness (QED) is 0.710. The summed E-state index contributed by atoms with van der Waals surface area (Å²) in [7, 11) is 0. The van der Waals surface area contributed by atoms with Crippen LogP contribution in [0.4, 0.5) is 0 Å². The number of rotatable bonds is 5. The first kappa shape index (κ1) is 17.7. The molecule has 0 bridgehead atoms. The Balaban J connectivity index is 1.84. The summed E-state index contributed by atoms with van der Waals surface area (Å²) in [6.45, 7) is 5.23. The minimum atomic E-state index is -0.878. The van der Waals surface area contributed by atoms with Gasteiger partial charge in [0, 0.05) is 11.6 Å². The molecule has 0 saturated carbocycles. The molecule has 6 nitrogen and oxygen atoms in total. The second-order valence-electron chi connectivity index (χ2n) is 6.32. The van der Waals surface area contributed by atoms with Gasteiger partial charge >= 0.3 is 5.97 Å². The topological polar surface area (TPSA) is 81.4 Å². The predicted octanol–water partition coefficient (Wildman–Crippen LogP) is 3.56. The summed E-state index contributed by atoms with van der Waals surface area (Å²) in [5.74, 6) is -0.316. The smallest absolute Gasteiger partial charge is 0.338 e. The van der Waals surface area contributed by atoms with Crippen LogP contribution in [0.3, 0.4) is 0 Å². The summed E-state index contributed by atoms with van der Waals surface area (Å²) in [6.07, 6.45) is -0.878. The minimum absolute atomic E-state index is 0.0227. The van der Waals surface area contributed by atoms with Gasteiger partial charge in [-0.05, 0) is 39.0 Å². The Kier molecular flexibility index (Phi) is 5.02. The van der Waals surface area contributed by atoms with Crippen molar-refractivity contribution in [1.82, 2.24) is 10.5 Å². The molecule has 0 fully saturated rings. The summed E-state index contributed by atoms with van der Waals surface area (Å²) < 4.78 is 10.7. The van der Waals surface area contributed by atoms with Gasteiger partial charge in [-0.2, -0.15) is 0 Å². The number of aromatic nitrogens is 1. The molecular weight excluding hydrogens is 332 g/mol. The number of esters is 1. The lowest BCUT2D eigenvalue weighted by Crippen LogP contribution is -2.39. The molecule has 0 saturated heterocycles. The standard InChI is InChI=1S/C20H20N2O4/c1-12(2)21-19(23)13(3)25-20(24)15-9-10-17-16(11-15)18(26-22-17)14-7-5-4-6-8-14/h4-13H,1-3H3,(H,21,23)/t13-/m0/s1. The van der Waals surface area contributed by atoms with Gasteiger partial charge in [0.1, 0.15) is 5.52 Å². The first-order valence-corrected chi connectivity index (χ1v) is 8.42. The second-order valence-corrected chi connectivity index (χ2v) is 6.32. The van der Waals surface area contributed by atoms with E-state index in [1.165, 1.54) is 0 Å². The van der Waals surface area contributed by atoms with Crippen molar-refractivity contribution in [1.29, 1.82) is 0 Å². The number of hydrogen-bond donors (Lipinski definition) is 1. The van der Waals surface area contributed by atoms with Crippen LogP contribution in [0.15, 0.2) is 53.1 Å². The number of carbonyl (C=O) groups excluding carboxylic acids is 2. The van der Waals surface area contributed by atoms with E-state index in [2.05, 4.69) is 10.5 Å². The molecule has 26 heavy (non-hydrogen) atoms. The molecule has 3 aromatic rings. The molecule has 0 aliphatic rings. The summed E-state index contributed by atoms with van der Waals surface area (Å²) in [5, 5.41) is 7.45. The molecule has 1 atom stereocenters. The molecule has 134 valence electrons. The van der Waals surface area contributed by atoms with Gasteiger partial charge in [0.2, 0.25) is 0 Å². The lowest BCUT2D eigenvalue weighted by atomic mass is 10.1. The van der Waals surface area contributed by atoms with Crippen LogP contribution in [-0.4, -0.2) is 29.2 Å². The van der Waals surface area contributed by atoms with Crippen LogP contribution in [0.25, 0.3) is 22.2 Å². The number of fused-ring (bicyclic) bond motifs is 1. The van der Waals surface area contributed by atoms with E-state index in [9.17, 15) is 9.59 Å². The molecule has 3 rings (SSSR count). The third-order valence-electron chi connectivity index (χ3n) is 3.83. The Labute approximate surface area is 151 Å². The lowest BCUT2D eigenvalue weighted by Gasteiger charge is -2.15. The van der Waals surface area contributed by atoms with Gasteiger partial charge in [0.15, 0.2) is 11.9 Å². The Morgan fingerprint density at radius 2 is 1.81 bits per heavy atom. The van der Waals surface area contributed by atoms with Gasteiger partial charge in [-0.1, -0.05) is 35.5 Å². The number of hydrogen-bond acceptors (Lipinski definition) is 5. The molecule has 1 aromatic heterocycles. The summed E-state index contributed by atoms with van der Waals surface area (Å²) in [4.78, 5) is 24.3. The molecular formula is C20H20N2O4. The average Bonchev–Trinajstić information content (AvgIpc) is 3.04. The number of nitrogens with zero attached hydrogens (tertiary/aromatic N) is 1. The van der Waals surface area contributed by atoms with Crippen molar-refractivity contribution in [3.8, 4) is 11.3 Å². The van der Waals surface area contributed by atoms with Crippen molar-refractivity contribution in [2.75, 3.05) is 0 Å². The number of amides is 1. The van der Waals surface area contributed by atoms with Crippen molar-refractivity contribution in [3.05, 3.63) is 54.1 Å². The maximum Gasteiger partial charge on any atom is 0.338 e. The summed E-state index contributed by atoms with van der Waals surface area (Å²) in [5.41, 5.74) is 1.85. The number of benzene rings is 2. The number of carbonyl (C=O) groups is 2. The maximum absolute atomic E-state index is 12.4. The van der Waals surface area contributed by atoms with Crippen LogP contribution >= 0.6 is 0 Å². The van der Waals surface area contributed by atoms with Gasteiger partial charge in [-0.15, -0.1) is 0 Å². The Morgan fingerprint density at radius 1 is 1.08 bits per heavy atom. The first-order chi connectivity index (χ1) is 12.5. The number of ether oxygens (including phenoxy) is 1. The van der Waals surface area contributed by atoms with E-state index in [1.807, 2.05) is 44.2 Å². The van der Waals surface area contributed by atoms with Crippen LogP contribution in [-0.2, 0) is 9.53 Å². The highest BCUT2D eigenvalue weighted by molar-refractivity contribution is 5.99. The molecule has 1 heterocycles. The van der Waals surface area contributed by atoms with Crippen LogP contribution < -0.4 is 5.32 Å². The third kappa shape index (κ3) is 3.74. The van der Waals surface area contributed by atoms with Crippen molar-refractivity contribution in [3.63, 3.8) is 0 Å². The molecule has 0 aliphatic carbocycles. The number of nitrogens with one attached hydrogen (secondary N) is 1. The van der Waals surface area contributed by atoms with Crippen molar-refractivity contribution in [2.24, 2.45) is 0 Å². The third-order valence-corrected chi connectivity index (χ3v) is 3.83. The minimum Gasteiger partial charge on any atom is -0.449 e. The average molecular weight is 352 g/mol. The molecule has 0 spiro atoms. The van der Waals surface area contributed by atoms with Gasteiger partial charge < -0.3 is 14.6 Å². The fourth-order valence-electron chi connectivity index (χ4n) is 2.55. The van der Waals surface area contributed by atoms with Crippen LogP contribution in [0.5, 0.6) is 0 Å². The molecule has 2 aromatic carbocycles. The normalized spacial score (nSPS) is 12.2. The van der Waals surface area contributed by atoms with E-state index in [0.29, 0.717) is 22.2 Å². The Hall–Kier alpha value is -3.15. The fourth-order valence-corrected chi connectivity index (χ4v) is 2.55. The van der Waals surface area contributed by atoms with Crippen molar-refractivity contribution >= 4 is 22.8 Å². The first-order valence-electron chi connectivity index (χ1n) is 8.42. The van der Waals surface area contributed by atoms with E-state index >= 15 is 0 Å². The van der Waals surface area contributed by atoms with E-state index in [4.69, 9.17) is 9.26 Å². The zero-order valence-corrected chi connectivity index (χ0v) is 14.9. The Morgan fingerprint density at radius 3 is 2.50 bits per heavy atom. The van der Waals surface area contributed by atoms with E-state index in [-0.39, 0.29) is 11.9 Å². The lowest BCUT2D eigenvalue weighted by molar-refractivity contribution is -0.129. The van der Waals surface area contributed by atoms with E-state index in [1.54, 1.807) is 25.1 Å². The molecule has 6 heteroatoms. The van der Waals surface area contributed by atoms with Crippen LogP contribution in [0, 0.1) is 0 Å². The molecule has 0 aliphatic heterocycles. The van der Waals surface area contributed by atoms with Gasteiger partial charge in [0.25, 0.3) is 5.91 Å². The summed E-state index contributed by atoms with van der Waals surface area (Å²) in [6, 6.07) is 14.5. The molecule has 0 radical (unpaired) electrons. The largest absolute Gasteiger partial charge is 0.449 e. The molecule has 1 amide bonds. The van der Waals surface area contributed by atoms with Crippen LogP contribution in [0.2, 0.25) is 0 Å². The second kappa shape index (κ2) is 7.39.